The van der Waals surface area contributed by atoms with Crippen molar-refractivity contribution >= 4 is 10.8 Å². The quantitative estimate of drug-likeness (QED) is 0.747. The third kappa shape index (κ3) is 2.19. The Balaban J connectivity index is 2.55. The molecule has 0 saturated carbocycles. The Bertz CT molecular complexity index is 486. The predicted octanol–water partition coefficient (Wildman–Crippen LogP) is 4.06. The molecule has 0 N–H and O–H groups in total. The van der Waals surface area contributed by atoms with Crippen LogP contribution in [0.2, 0.25) is 0 Å². The van der Waals surface area contributed by atoms with Gasteiger partial charge < -0.3 is 4.74 Å². The van der Waals surface area contributed by atoms with Gasteiger partial charge in [0.05, 0.1) is 7.11 Å². The first kappa shape index (κ1) is 11.0. The van der Waals surface area contributed by atoms with Crippen molar-refractivity contribution in [1.82, 2.24) is 0 Å². The molecule has 2 aromatic carbocycles. The number of ether oxygens (including phenoxy) is 1. The molecular formula is C15H17O. The normalized spacial score (nSPS) is 11.0. The van der Waals surface area contributed by atoms with E-state index in [-0.39, 0.29) is 0 Å². The number of rotatable bonds is 3. The van der Waals surface area contributed by atoms with Gasteiger partial charge in [-0.15, -0.1) is 0 Å². The molecule has 16 heavy (non-hydrogen) atoms. The fraction of sp³-hybridized carbons (Fsp3) is 0.267. The first-order valence-corrected chi connectivity index (χ1v) is 5.62. The van der Waals surface area contributed by atoms with Crippen molar-refractivity contribution in [3.63, 3.8) is 0 Å². The van der Waals surface area contributed by atoms with Gasteiger partial charge >= 0.3 is 0 Å². The van der Waals surface area contributed by atoms with Gasteiger partial charge in [-0.1, -0.05) is 38.1 Å². The van der Waals surface area contributed by atoms with Crippen molar-refractivity contribution in [2.75, 3.05) is 7.11 Å². The molecule has 2 aromatic rings. The molecule has 0 aliphatic rings. The molecule has 0 bridgehead atoms. The second-order valence-electron chi connectivity index (χ2n) is 4.34. The van der Waals surface area contributed by atoms with E-state index in [0.29, 0.717) is 5.92 Å². The molecule has 0 amide bonds. The van der Waals surface area contributed by atoms with Crippen LogP contribution in [0.3, 0.4) is 0 Å². The van der Waals surface area contributed by atoms with Crippen LogP contribution in [0.5, 0.6) is 5.75 Å². The third-order valence-corrected chi connectivity index (χ3v) is 2.64. The van der Waals surface area contributed by atoms with E-state index in [2.05, 4.69) is 50.6 Å². The van der Waals surface area contributed by atoms with E-state index in [1.165, 1.54) is 16.3 Å². The average Bonchev–Trinajstić information content (AvgIpc) is 2.28. The zero-order valence-electron chi connectivity index (χ0n) is 10.0. The third-order valence-electron chi connectivity index (χ3n) is 2.64. The maximum atomic E-state index is 5.27. The van der Waals surface area contributed by atoms with Crippen LogP contribution >= 0.6 is 0 Å². The molecule has 0 saturated heterocycles. The highest BCUT2D eigenvalue weighted by atomic mass is 16.5. The maximum absolute atomic E-state index is 5.27. The summed E-state index contributed by atoms with van der Waals surface area (Å²) in [7, 11) is 1.70. The summed E-state index contributed by atoms with van der Waals surface area (Å²) >= 11 is 0. The molecular weight excluding hydrogens is 196 g/mol. The van der Waals surface area contributed by atoms with E-state index in [0.717, 1.165) is 5.75 Å². The molecule has 1 heteroatoms. The molecule has 2 rings (SSSR count). The molecule has 83 valence electrons. The summed E-state index contributed by atoms with van der Waals surface area (Å²) in [6.45, 7) is 4.39. The topological polar surface area (TPSA) is 9.23 Å². The van der Waals surface area contributed by atoms with Crippen LogP contribution in [-0.4, -0.2) is 7.11 Å². The van der Waals surface area contributed by atoms with Crippen LogP contribution in [-0.2, 0) is 0 Å². The van der Waals surface area contributed by atoms with Gasteiger partial charge in [0.1, 0.15) is 5.75 Å². The minimum Gasteiger partial charge on any atom is -0.497 e. The Morgan fingerprint density at radius 3 is 2.62 bits per heavy atom. The SMILES string of the molecule is COc1ccc2cccc([CH]C(C)C)c2c1. The van der Waals surface area contributed by atoms with Crippen molar-refractivity contribution in [3.05, 3.63) is 48.4 Å². The smallest absolute Gasteiger partial charge is 0.119 e. The van der Waals surface area contributed by atoms with E-state index < -0.39 is 0 Å². The Morgan fingerprint density at radius 2 is 1.94 bits per heavy atom. The highest BCUT2D eigenvalue weighted by Gasteiger charge is 2.04. The van der Waals surface area contributed by atoms with Crippen LogP contribution in [0.15, 0.2) is 36.4 Å². The van der Waals surface area contributed by atoms with E-state index in [1.807, 2.05) is 6.07 Å². The Labute approximate surface area is 97.1 Å². The lowest BCUT2D eigenvalue weighted by molar-refractivity contribution is 0.415. The van der Waals surface area contributed by atoms with Gasteiger partial charge in [-0.05, 0) is 40.8 Å². The fourth-order valence-electron chi connectivity index (χ4n) is 1.91. The molecule has 0 unspecified atom stereocenters. The van der Waals surface area contributed by atoms with Gasteiger partial charge in [0.25, 0.3) is 0 Å². The van der Waals surface area contributed by atoms with Crippen molar-refractivity contribution in [1.29, 1.82) is 0 Å². The summed E-state index contributed by atoms with van der Waals surface area (Å²) in [5, 5.41) is 2.52. The average molecular weight is 213 g/mol. The van der Waals surface area contributed by atoms with Crippen molar-refractivity contribution in [2.45, 2.75) is 13.8 Å². The molecule has 0 aromatic heterocycles. The first-order chi connectivity index (χ1) is 7.70. The summed E-state index contributed by atoms with van der Waals surface area (Å²) in [6.07, 6.45) is 2.28. The first-order valence-electron chi connectivity index (χ1n) is 5.62. The van der Waals surface area contributed by atoms with Gasteiger partial charge in [0, 0.05) is 0 Å². The minimum atomic E-state index is 0.553. The van der Waals surface area contributed by atoms with E-state index in [1.54, 1.807) is 7.11 Å². The van der Waals surface area contributed by atoms with Crippen LogP contribution in [0.1, 0.15) is 19.4 Å². The molecule has 0 aliphatic carbocycles. The van der Waals surface area contributed by atoms with Gasteiger partial charge in [0.15, 0.2) is 0 Å². The van der Waals surface area contributed by atoms with E-state index >= 15 is 0 Å². The summed E-state index contributed by atoms with van der Waals surface area (Å²) in [5.41, 5.74) is 1.28. The lowest BCUT2D eigenvalue weighted by Gasteiger charge is -2.09. The Kier molecular flexibility index (Phi) is 3.14. The van der Waals surface area contributed by atoms with Crippen molar-refractivity contribution in [2.24, 2.45) is 5.92 Å². The summed E-state index contributed by atoms with van der Waals surface area (Å²) in [5.74, 6) is 1.47. The monoisotopic (exact) mass is 213 g/mol. The second-order valence-corrected chi connectivity index (χ2v) is 4.34. The van der Waals surface area contributed by atoms with Gasteiger partial charge in [-0.25, -0.2) is 0 Å². The van der Waals surface area contributed by atoms with Crippen molar-refractivity contribution < 1.29 is 4.74 Å². The van der Waals surface area contributed by atoms with E-state index in [9.17, 15) is 0 Å². The molecule has 0 atom stereocenters. The number of methoxy groups -OCH3 is 1. The Hall–Kier alpha value is -1.50. The van der Waals surface area contributed by atoms with Crippen molar-refractivity contribution in [3.8, 4) is 5.75 Å². The highest BCUT2D eigenvalue weighted by molar-refractivity contribution is 5.88. The standard InChI is InChI=1S/C15H17O/c1-11(2)9-13-6-4-5-12-7-8-14(16-3)10-15(12)13/h4-11H,1-3H3. The molecule has 0 fully saturated rings. The molecule has 0 heterocycles. The van der Waals surface area contributed by atoms with Gasteiger partial charge in [-0.3, -0.25) is 0 Å². The fourth-order valence-corrected chi connectivity index (χ4v) is 1.91. The van der Waals surface area contributed by atoms with Crippen LogP contribution < -0.4 is 4.74 Å². The lowest BCUT2D eigenvalue weighted by atomic mass is 9.97. The number of hydrogen-bond acceptors (Lipinski definition) is 1. The number of fused-ring (bicyclic) bond motifs is 1. The van der Waals surface area contributed by atoms with Crippen LogP contribution in [0.25, 0.3) is 10.8 Å². The summed E-state index contributed by atoms with van der Waals surface area (Å²) in [4.78, 5) is 0. The minimum absolute atomic E-state index is 0.553. The molecule has 0 spiro atoms. The number of benzene rings is 2. The molecule has 0 aliphatic heterocycles. The van der Waals surface area contributed by atoms with Crippen LogP contribution in [0, 0.1) is 12.3 Å². The second kappa shape index (κ2) is 4.56. The number of hydrogen-bond donors (Lipinski definition) is 0. The Morgan fingerprint density at radius 1 is 1.12 bits per heavy atom. The summed E-state index contributed by atoms with van der Waals surface area (Å²) < 4.78 is 5.27. The zero-order valence-corrected chi connectivity index (χ0v) is 10.0. The van der Waals surface area contributed by atoms with E-state index in [4.69, 9.17) is 4.74 Å². The lowest BCUT2D eigenvalue weighted by Crippen LogP contribution is -1.92. The highest BCUT2D eigenvalue weighted by Crippen LogP contribution is 2.26. The summed E-state index contributed by atoms with van der Waals surface area (Å²) in [6, 6.07) is 12.6. The largest absolute Gasteiger partial charge is 0.497 e. The maximum Gasteiger partial charge on any atom is 0.119 e. The van der Waals surface area contributed by atoms with Gasteiger partial charge in [0.2, 0.25) is 0 Å². The van der Waals surface area contributed by atoms with Crippen LogP contribution in [0.4, 0.5) is 0 Å². The predicted molar refractivity (Wildman–Crippen MR) is 68.7 cm³/mol. The van der Waals surface area contributed by atoms with Gasteiger partial charge in [-0.2, -0.15) is 0 Å². The molecule has 1 nitrogen and oxygen atoms in total. The molecule has 1 radical (unpaired) electrons. The zero-order chi connectivity index (χ0) is 11.5.